The van der Waals surface area contributed by atoms with Crippen molar-refractivity contribution in [3.63, 3.8) is 0 Å². The molecule has 0 saturated heterocycles. The molecular weight excluding hydrogens is 288 g/mol. The van der Waals surface area contributed by atoms with Crippen LogP contribution >= 0.6 is 0 Å². The molecule has 0 saturated carbocycles. The van der Waals surface area contributed by atoms with Crippen molar-refractivity contribution in [2.45, 2.75) is 65.7 Å². The first-order valence-corrected chi connectivity index (χ1v) is 9.37. The fourth-order valence-electron chi connectivity index (χ4n) is 5.18. The van der Waals surface area contributed by atoms with Gasteiger partial charge in [0, 0.05) is 5.92 Å². The van der Waals surface area contributed by atoms with Gasteiger partial charge in [-0.3, -0.25) is 0 Å². The maximum absolute atomic E-state index is 2.49. The third kappa shape index (κ3) is 2.12. The molecule has 2 unspecified atom stereocenters. The zero-order chi connectivity index (χ0) is 17.0. The van der Waals surface area contributed by atoms with Gasteiger partial charge in [-0.25, -0.2) is 0 Å². The minimum atomic E-state index is 0.569. The molecule has 0 N–H and O–H groups in total. The van der Waals surface area contributed by atoms with E-state index in [1.54, 1.807) is 27.8 Å². The largest absolute Gasteiger partial charge is 0.0620 e. The summed E-state index contributed by atoms with van der Waals surface area (Å²) in [6.07, 6.45) is 3.89. The van der Waals surface area contributed by atoms with Gasteiger partial charge in [0.25, 0.3) is 0 Å². The molecule has 0 heteroatoms. The number of allylic oxidation sites excluding steroid dienone is 2. The fraction of sp³-hybridized carbons (Fsp3) is 0.417. The highest BCUT2D eigenvalue weighted by atomic mass is 14.4. The zero-order valence-electron chi connectivity index (χ0n) is 15.7. The number of hydrogen-bond acceptors (Lipinski definition) is 0. The standard InChI is InChI=1S/C24H28/c1-14-13-22-23(16(3)15(14)2)17(4)18(5)24(22)21-12-8-10-19-9-6-7-11-20(19)21/h6-7,9,11,13,21,24H,8,10,12H2,1-5H3. The van der Waals surface area contributed by atoms with Gasteiger partial charge in [-0.15, -0.1) is 0 Å². The lowest BCUT2D eigenvalue weighted by atomic mass is 9.72. The van der Waals surface area contributed by atoms with Crippen LogP contribution in [0.1, 0.15) is 77.5 Å². The molecule has 0 aliphatic heterocycles. The van der Waals surface area contributed by atoms with Crippen LogP contribution < -0.4 is 0 Å². The number of fused-ring (bicyclic) bond motifs is 2. The van der Waals surface area contributed by atoms with Crippen LogP contribution in [0.25, 0.3) is 5.57 Å². The Bertz CT molecular complexity index is 851. The third-order valence-electron chi connectivity index (χ3n) is 6.78. The first kappa shape index (κ1) is 15.7. The normalized spacial score (nSPS) is 22.5. The average Bonchev–Trinajstić information content (AvgIpc) is 2.83. The van der Waals surface area contributed by atoms with Gasteiger partial charge < -0.3 is 0 Å². The Morgan fingerprint density at radius 2 is 1.62 bits per heavy atom. The van der Waals surface area contributed by atoms with Crippen molar-refractivity contribution in [3.05, 3.63) is 74.8 Å². The predicted octanol–water partition coefficient (Wildman–Crippen LogP) is 6.62. The van der Waals surface area contributed by atoms with E-state index in [-0.39, 0.29) is 0 Å². The molecule has 2 atom stereocenters. The molecule has 2 aromatic rings. The highest BCUT2D eigenvalue weighted by Crippen LogP contribution is 2.53. The van der Waals surface area contributed by atoms with Crippen LogP contribution in [0.4, 0.5) is 0 Å². The summed E-state index contributed by atoms with van der Waals surface area (Å²) in [5.74, 6) is 1.21. The molecule has 0 bridgehead atoms. The second-order valence-electron chi connectivity index (χ2n) is 7.89. The Morgan fingerprint density at radius 1 is 0.875 bits per heavy atom. The third-order valence-corrected chi connectivity index (χ3v) is 6.78. The molecule has 4 rings (SSSR count). The fourth-order valence-corrected chi connectivity index (χ4v) is 5.18. The second kappa shape index (κ2) is 5.62. The molecular formula is C24H28. The Kier molecular flexibility index (Phi) is 3.67. The van der Waals surface area contributed by atoms with E-state index >= 15 is 0 Å². The van der Waals surface area contributed by atoms with Crippen LogP contribution in [-0.2, 0) is 6.42 Å². The number of aryl methyl sites for hydroxylation is 2. The van der Waals surface area contributed by atoms with E-state index < -0.39 is 0 Å². The lowest BCUT2D eigenvalue weighted by molar-refractivity contribution is 0.505. The van der Waals surface area contributed by atoms with Crippen molar-refractivity contribution >= 4 is 5.57 Å². The molecule has 0 nitrogen and oxygen atoms in total. The molecule has 2 aliphatic carbocycles. The molecule has 0 fully saturated rings. The van der Waals surface area contributed by atoms with Crippen molar-refractivity contribution in [2.75, 3.05) is 0 Å². The maximum Gasteiger partial charge on any atom is 0.0126 e. The minimum Gasteiger partial charge on any atom is -0.0620 e. The summed E-state index contributed by atoms with van der Waals surface area (Å²) in [5, 5.41) is 0. The average molecular weight is 316 g/mol. The van der Waals surface area contributed by atoms with Crippen molar-refractivity contribution in [1.82, 2.24) is 0 Å². The van der Waals surface area contributed by atoms with Crippen LogP contribution in [0, 0.1) is 20.8 Å². The summed E-state index contributed by atoms with van der Waals surface area (Å²) in [4.78, 5) is 0. The quantitative estimate of drug-likeness (QED) is 0.554. The summed E-state index contributed by atoms with van der Waals surface area (Å²) in [5.41, 5.74) is 13.8. The van der Waals surface area contributed by atoms with Gasteiger partial charge in [0.1, 0.15) is 0 Å². The van der Waals surface area contributed by atoms with E-state index in [4.69, 9.17) is 0 Å². The first-order valence-electron chi connectivity index (χ1n) is 9.37. The highest BCUT2D eigenvalue weighted by Gasteiger charge is 2.36. The summed E-state index contributed by atoms with van der Waals surface area (Å²) in [6.45, 7) is 11.6. The van der Waals surface area contributed by atoms with Crippen LogP contribution in [-0.4, -0.2) is 0 Å². The summed E-state index contributed by atoms with van der Waals surface area (Å²) in [6, 6.07) is 11.6. The van der Waals surface area contributed by atoms with Crippen molar-refractivity contribution in [3.8, 4) is 0 Å². The summed E-state index contributed by atoms with van der Waals surface area (Å²) < 4.78 is 0. The number of rotatable bonds is 1. The van der Waals surface area contributed by atoms with Crippen LogP contribution in [0.3, 0.4) is 0 Å². The molecule has 124 valence electrons. The van der Waals surface area contributed by atoms with E-state index in [2.05, 4.69) is 65.0 Å². The van der Waals surface area contributed by atoms with Gasteiger partial charge in [0.15, 0.2) is 0 Å². The lowest BCUT2D eigenvalue weighted by Gasteiger charge is -2.32. The van der Waals surface area contributed by atoms with Crippen molar-refractivity contribution in [2.24, 2.45) is 0 Å². The Labute approximate surface area is 146 Å². The molecule has 0 amide bonds. The number of hydrogen-bond donors (Lipinski definition) is 0. The highest BCUT2D eigenvalue weighted by molar-refractivity contribution is 5.80. The van der Waals surface area contributed by atoms with Crippen LogP contribution in [0.2, 0.25) is 0 Å². The molecule has 0 heterocycles. The zero-order valence-corrected chi connectivity index (χ0v) is 15.7. The van der Waals surface area contributed by atoms with Crippen molar-refractivity contribution < 1.29 is 0 Å². The molecule has 0 aromatic heterocycles. The first-order chi connectivity index (χ1) is 11.5. The van der Waals surface area contributed by atoms with Gasteiger partial charge in [-0.2, -0.15) is 0 Å². The topological polar surface area (TPSA) is 0 Å². The molecule has 0 spiro atoms. The summed E-state index contributed by atoms with van der Waals surface area (Å²) >= 11 is 0. The molecule has 24 heavy (non-hydrogen) atoms. The minimum absolute atomic E-state index is 0.569. The van der Waals surface area contributed by atoms with Gasteiger partial charge in [-0.1, -0.05) is 35.9 Å². The van der Waals surface area contributed by atoms with E-state index in [0.717, 1.165) is 0 Å². The monoisotopic (exact) mass is 316 g/mol. The summed E-state index contributed by atoms with van der Waals surface area (Å²) in [7, 11) is 0. The Morgan fingerprint density at radius 3 is 2.42 bits per heavy atom. The van der Waals surface area contributed by atoms with Gasteiger partial charge >= 0.3 is 0 Å². The van der Waals surface area contributed by atoms with Gasteiger partial charge in [-0.05, 0) is 104 Å². The maximum atomic E-state index is 2.49. The predicted molar refractivity (Wildman–Crippen MR) is 104 cm³/mol. The SMILES string of the molecule is CC1=C(C)C(C2CCCc3ccccc32)c2cc(C)c(C)c(C)c21. The van der Waals surface area contributed by atoms with E-state index in [9.17, 15) is 0 Å². The molecule has 2 aliphatic rings. The van der Waals surface area contributed by atoms with E-state index in [1.807, 2.05) is 0 Å². The van der Waals surface area contributed by atoms with Gasteiger partial charge in [0.2, 0.25) is 0 Å². The van der Waals surface area contributed by atoms with Crippen molar-refractivity contribution in [1.29, 1.82) is 0 Å². The Hall–Kier alpha value is -1.82. The second-order valence-corrected chi connectivity index (χ2v) is 7.89. The van der Waals surface area contributed by atoms with Crippen LogP contribution in [0.5, 0.6) is 0 Å². The molecule has 0 radical (unpaired) electrons. The van der Waals surface area contributed by atoms with Crippen LogP contribution in [0.15, 0.2) is 35.9 Å². The lowest BCUT2D eigenvalue weighted by Crippen LogP contribution is -2.17. The van der Waals surface area contributed by atoms with E-state index in [1.165, 1.54) is 41.5 Å². The smallest absolute Gasteiger partial charge is 0.0126 e. The van der Waals surface area contributed by atoms with Gasteiger partial charge in [0.05, 0.1) is 0 Å². The Balaban J connectivity index is 1.91. The molecule has 2 aromatic carbocycles. The van der Waals surface area contributed by atoms with E-state index in [0.29, 0.717) is 11.8 Å². The number of benzene rings is 2.